The van der Waals surface area contributed by atoms with Crippen molar-refractivity contribution in [1.82, 2.24) is 5.32 Å². The maximum atomic E-state index is 11.5. The van der Waals surface area contributed by atoms with Crippen LogP contribution in [-0.4, -0.2) is 37.9 Å². The van der Waals surface area contributed by atoms with Crippen LogP contribution in [0.3, 0.4) is 0 Å². The molecule has 0 bridgehead atoms. The normalized spacial score (nSPS) is 12.1. The Morgan fingerprint density at radius 1 is 1.35 bits per heavy atom. The molecule has 5 nitrogen and oxygen atoms in total. The van der Waals surface area contributed by atoms with Gasteiger partial charge in [-0.2, -0.15) is 0 Å². The standard InChI is InChI=1S/C10H22N2O3S.ClH/c1-8(2)5-16(14,15)6-9(13)12-7-10(3,4)11;/h8H,5-7,11H2,1-4H3,(H,12,13);1H. The number of amides is 1. The molecule has 0 spiro atoms. The second kappa shape index (κ2) is 7.18. The fourth-order valence-electron chi connectivity index (χ4n) is 1.14. The van der Waals surface area contributed by atoms with Gasteiger partial charge < -0.3 is 11.1 Å². The molecule has 1 amide bonds. The van der Waals surface area contributed by atoms with E-state index in [1.807, 2.05) is 0 Å². The van der Waals surface area contributed by atoms with Gasteiger partial charge in [-0.1, -0.05) is 13.8 Å². The van der Waals surface area contributed by atoms with Crippen molar-refractivity contribution in [3.05, 3.63) is 0 Å². The fourth-order valence-corrected chi connectivity index (χ4v) is 2.78. The molecule has 0 saturated carbocycles. The van der Waals surface area contributed by atoms with Crippen LogP contribution in [0.4, 0.5) is 0 Å². The highest BCUT2D eigenvalue weighted by atomic mass is 35.5. The SMILES string of the molecule is CC(C)CS(=O)(=O)CC(=O)NCC(C)(C)N.Cl. The van der Waals surface area contributed by atoms with Gasteiger partial charge in [0.05, 0.1) is 5.75 Å². The van der Waals surface area contributed by atoms with Gasteiger partial charge in [-0.05, 0) is 19.8 Å². The van der Waals surface area contributed by atoms with E-state index in [0.717, 1.165) is 0 Å². The Balaban J connectivity index is 0. The summed E-state index contributed by atoms with van der Waals surface area (Å²) in [6.45, 7) is 7.39. The van der Waals surface area contributed by atoms with Crippen LogP contribution in [0.15, 0.2) is 0 Å². The van der Waals surface area contributed by atoms with Crippen LogP contribution in [0.2, 0.25) is 0 Å². The summed E-state index contributed by atoms with van der Waals surface area (Å²) in [5, 5.41) is 2.51. The zero-order valence-corrected chi connectivity index (χ0v) is 12.5. The number of nitrogens with one attached hydrogen (secondary N) is 1. The van der Waals surface area contributed by atoms with Crippen LogP contribution in [0.1, 0.15) is 27.7 Å². The van der Waals surface area contributed by atoms with Crippen LogP contribution >= 0.6 is 12.4 Å². The van der Waals surface area contributed by atoms with Crippen molar-refractivity contribution < 1.29 is 13.2 Å². The van der Waals surface area contributed by atoms with Gasteiger partial charge >= 0.3 is 0 Å². The molecule has 0 fully saturated rings. The van der Waals surface area contributed by atoms with E-state index in [4.69, 9.17) is 5.73 Å². The quantitative estimate of drug-likeness (QED) is 0.736. The molecular weight excluding hydrogens is 264 g/mol. The molecule has 0 aromatic rings. The Bertz CT molecular complexity index is 334. The summed E-state index contributed by atoms with van der Waals surface area (Å²) in [6, 6.07) is 0. The molecule has 0 aliphatic carbocycles. The Hall–Kier alpha value is -0.330. The lowest BCUT2D eigenvalue weighted by Crippen LogP contribution is -2.46. The van der Waals surface area contributed by atoms with E-state index in [2.05, 4.69) is 5.32 Å². The molecule has 7 heteroatoms. The van der Waals surface area contributed by atoms with Crippen LogP contribution in [0.5, 0.6) is 0 Å². The fraction of sp³-hybridized carbons (Fsp3) is 0.900. The van der Waals surface area contributed by atoms with Crippen LogP contribution < -0.4 is 11.1 Å². The minimum absolute atomic E-state index is 0. The molecule has 17 heavy (non-hydrogen) atoms. The van der Waals surface area contributed by atoms with Gasteiger partial charge in [-0.15, -0.1) is 12.4 Å². The van der Waals surface area contributed by atoms with E-state index in [-0.39, 0.29) is 30.6 Å². The lowest BCUT2D eigenvalue weighted by atomic mass is 10.1. The smallest absolute Gasteiger partial charge is 0.235 e. The van der Waals surface area contributed by atoms with E-state index in [9.17, 15) is 13.2 Å². The molecule has 0 aromatic carbocycles. The minimum Gasteiger partial charge on any atom is -0.353 e. The van der Waals surface area contributed by atoms with Gasteiger partial charge in [0.25, 0.3) is 0 Å². The second-order valence-corrected chi connectivity index (χ2v) is 7.32. The monoisotopic (exact) mass is 286 g/mol. The first kappa shape index (κ1) is 19.0. The van der Waals surface area contributed by atoms with Crippen molar-refractivity contribution in [2.75, 3.05) is 18.1 Å². The Kier molecular flexibility index (Phi) is 8.03. The van der Waals surface area contributed by atoms with E-state index in [1.54, 1.807) is 27.7 Å². The first-order valence-corrected chi connectivity index (χ1v) is 7.10. The number of sulfone groups is 1. The lowest BCUT2D eigenvalue weighted by Gasteiger charge is -2.18. The molecule has 0 unspecified atom stereocenters. The number of nitrogens with two attached hydrogens (primary N) is 1. The van der Waals surface area contributed by atoms with Crippen LogP contribution in [0, 0.1) is 5.92 Å². The summed E-state index contributed by atoms with van der Waals surface area (Å²) >= 11 is 0. The summed E-state index contributed by atoms with van der Waals surface area (Å²) in [5.41, 5.74) is 5.13. The highest BCUT2D eigenvalue weighted by molar-refractivity contribution is 7.92. The molecule has 0 saturated heterocycles. The van der Waals surface area contributed by atoms with E-state index in [1.165, 1.54) is 0 Å². The molecule has 0 aromatic heterocycles. The predicted molar refractivity (Wildman–Crippen MR) is 72.0 cm³/mol. The number of carbonyl (C=O) groups excluding carboxylic acids is 1. The Morgan fingerprint density at radius 2 is 1.82 bits per heavy atom. The average molecular weight is 287 g/mol. The summed E-state index contributed by atoms with van der Waals surface area (Å²) in [5.74, 6) is -0.879. The predicted octanol–water partition coefficient (Wildman–Crippen LogP) is 0.333. The highest BCUT2D eigenvalue weighted by Crippen LogP contribution is 2.00. The lowest BCUT2D eigenvalue weighted by molar-refractivity contribution is -0.118. The first-order chi connectivity index (χ1) is 7.02. The largest absolute Gasteiger partial charge is 0.353 e. The summed E-state index contributed by atoms with van der Waals surface area (Å²) < 4.78 is 23.0. The van der Waals surface area contributed by atoms with Gasteiger partial charge in [0.2, 0.25) is 5.91 Å². The topological polar surface area (TPSA) is 89.3 Å². The molecule has 0 radical (unpaired) electrons. The number of hydrogen-bond acceptors (Lipinski definition) is 4. The van der Waals surface area contributed by atoms with E-state index < -0.39 is 27.0 Å². The van der Waals surface area contributed by atoms with Gasteiger partial charge in [-0.25, -0.2) is 8.42 Å². The molecular formula is C10H23ClN2O3S. The van der Waals surface area contributed by atoms with Gasteiger partial charge in [0.15, 0.2) is 9.84 Å². The maximum absolute atomic E-state index is 11.5. The first-order valence-electron chi connectivity index (χ1n) is 5.28. The zero-order valence-electron chi connectivity index (χ0n) is 10.8. The second-order valence-electron chi connectivity index (χ2n) is 5.21. The molecule has 0 atom stereocenters. The van der Waals surface area contributed by atoms with Crippen molar-refractivity contribution in [3.63, 3.8) is 0 Å². The summed E-state index contributed by atoms with van der Waals surface area (Å²) in [4.78, 5) is 11.3. The Morgan fingerprint density at radius 3 is 2.18 bits per heavy atom. The molecule has 104 valence electrons. The van der Waals surface area contributed by atoms with Crippen molar-refractivity contribution in [2.24, 2.45) is 11.7 Å². The third-order valence-electron chi connectivity index (χ3n) is 1.68. The Labute approximate surface area is 110 Å². The number of halogens is 1. The minimum atomic E-state index is -3.30. The van der Waals surface area contributed by atoms with E-state index in [0.29, 0.717) is 0 Å². The third kappa shape index (κ3) is 11.9. The maximum Gasteiger partial charge on any atom is 0.235 e. The van der Waals surface area contributed by atoms with Crippen LogP contribution in [-0.2, 0) is 14.6 Å². The van der Waals surface area contributed by atoms with E-state index >= 15 is 0 Å². The van der Waals surface area contributed by atoms with Crippen molar-refractivity contribution >= 4 is 28.2 Å². The average Bonchev–Trinajstić information content (AvgIpc) is 1.95. The molecule has 0 aliphatic heterocycles. The van der Waals surface area contributed by atoms with Gasteiger partial charge in [-0.3, -0.25) is 4.79 Å². The molecule has 0 heterocycles. The number of carbonyl (C=O) groups is 1. The van der Waals surface area contributed by atoms with Gasteiger partial charge in [0, 0.05) is 12.1 Å². The van der Waals surface area contributed by atoms with Crippen molar-refractivity contribution in [1.29, 1.82) is 0 Å². The van der Waals surface area contributed by atoms with Crippen LogP contribution in [0.25, 0.3) is 0 Å². The van der Waals surface area contributed by atoms with Gasteiger partial charge in [0.1, 0.15) is 5.75 Å². The molecule has 0 aliphatic rings. The number of rotatable bonds is 6. The third-order valence-corrected chi connectivity index (χ3v) is 3.56. The van der Waals surface area contributed by atoms with Crippen molar-refractivity contribution in [2.45, 2.75) is 33.2 Å². The zero-order chi connectivity index (χ0) is 13.0. The molecule has 0 rings (SSSR count). The number of hydrogen-bond donors (Lipinski definition) is 2. The summed E-state index contributed by atoms with van der Waals surface area (Å²) in [6.07, 6.45) is 0. The summed E-state index contributed by atoms with van der Waals surface area (Å²) in [7, 11) is -3.30. The molecule has 3 N–H and O–H groups in total. The van der Waals surface area contributed by atoms with Crippen molar-refractivity contribution in [3.8, 4) is 0 Å². The highest BCUT2D eigenvalue weighted by Gasteiger charge is 2.19.